The molecule has 0 aliphatic rings. The molecule has 2 nitrogen and oxygen atoms in total. The fraction of sp³-hybridized carbons (Fsp3) is 0.364. The number of carbonyl (C=O) groups excluding carboxylic acids is 1. The van der Waals surface area contributed by atoms with Crippen molar-refractivity contribution in [1.29, 1.82) is 0 Å². The molecule has 1 rings (SSSR count). The molecule has 6 heteroatoms. The van der Waals surface area contributed by atoms with Crippen molar-refractivity contribution in [2.75, 3.05) is 12.9 Å². The molecule has 1 aromatic carbocycles. The van der Waals surface area contributed by atoms with E-state index in [1.54, 1.807) is 0 Å². The van der Waals surface area contributed by atoms with Crippen molar-refractivity contribution < 1.29 is 22.7 Å². The van der Waals surface area contributed by atoms with Gasteiger partial charge in [0.25, 0.3) is 0 Å². The summed E-state index contributed by atoms with van der Waals surface area (Å²) in [7, 11) is 1.23. The van der Waals surface area contributed by atoms with Gasteiger partial charge in [0.1, 0.15) is 0 Å². The number of hydrogen-bond acceptors (Lipinski definition) is 3. The molecule has 0 spiro atoms. The quantitative estimate of drug-likeness (QED) is 0.671. The molecule has 0 aliphatic carbocycles. The molecule has 94 valence electrons. The summed E-state index contributed by atoms with van der Waals surface area (Å²) in [6, 6.07) is 4.41. The van der Waals surface area contributed by atoms with Crippen LogP contribution in [0.25, 0.3) is 0 Å². The van der Waals surface area contributed by atoms with Crippen LogP contribution in [0.2, 0.25) is 0 Å². The van der Waals surface area contributed by atoms with E-state index in [1.165, 1.54) is 19.2 Å². The van der Waals surface area contributed by atoms with Crippen LogP contribution in [0.5, 0.6) is 0 Å². The highest BCUT2D eigenvalue weighted by atomic mass is 32.1. The van der Waals surface area contributed by atoms with Crippen molar-refractivity contribution in [3.63, 3.8) is 0 Å². The predicted molar refractivity (Wildman–Crippen MR) is 60.1 cm³/mol. The second-order valence-electron chi connectivity index (χ2n) is 3.38. The van der Waals surface area contributed by atoms with Crippen LogP contribution in [-0.4, -0.2) is 18.8 Å². The van der Waals surface area contributed by atoms with Crippen LogP contribution in [0.3, 0.4) is 0 Å². The average Bonchev–Trinajstić information content (AvgIpc) is 2.29. The summed E-state index contributed by atoms with van der Waals surface area (Å²) in [6.45, 7) is 0. The fourth-order valence-electron chi connectivity index (χ4n) is 1.36. The molecular formula is C11H11F3O2S. The summed E-state index contributed by atoms with van der Waals surface area (Å²) in [4.78, 5) is 11.3. The maximum Gasteiger partial charge on any atom is 0.416 e. The van der Waals surface area contributed by atoms with Gasteiger partial charge in [-0.25, -0.2) is 0 Å². The lowest BCUT2D eigenvalue weighted by atomic mass is 10.00. The third kappa shape index (κ3) is 3.39. The minimum Gasteiger partial charge on any atom is -0.469 e. The third-order valence-corrected chi connectivity index (χ3v) is 2.67. The second kappa shape index (κ2) is 5.44. The van der Waals surface area contributed by atoms with Crippen molar-refractivity contribution in [2.24, 2.45) is 0 Å². The van der Waals surface area contributed by atoms with Gasteiger partial charge in [-0.05, 0) is 17.7 Å². The molecule has 0 aromatic heterocycles. The van der Waals surface area contributed by atoms with E-state index in [4.69, 9.17) is 0 Å². The van der Waals surface area contributed by atoms with E-state index in [0.717, 1.165) is 12.1 Å². The summed E-state index contributed by atoms with van der Waals surface area (Å²) in [6.07, 6.45) is -4.37. The monoisotopic (exact) mass is 264 g/mol. The van der Waals surface area contributed by atoms with Crippen molar-refractivity contribution in [3.8, 4) is 0 Å². The predicted octanol–water partition coefficient (Wildman–Crippen LogP) is 2.89. The van der Waals surface area contributed by atoms with Crippen molar-refractivity contribution >= 4 is 18.6 Å². The molecule has 0 saturated carbocycles. The van der Waals surface area contributed by atoms with E-state index in [9.17, 15) is 18.0 Å². The first-order chi connectivity index (χ1) is 7.90. The second-order valence-corrected chi connectivity index (χ2v) is 3.74. The summed E-state index contributed by atoms with van der Waals surface area (Å²) in [5, 5.41) is 0. The van der Waals surface area contributed by atoms with Crippen LogP contribution < -0.4 is 0 Å². The molecule has 1 atom stereocenters. The number of thiol groups is 1. The van der Waals surface area contributed by atoms with Crippen LogP contribution in [0.1, 0.15) is 17.0 Å². The number of halogens is 3. The SMILES string of the molecule is COC(=O)C(CS)c1ccc(C(F)(F)F)cc1. The molecule has 0 N–H and O–H groups in total. The molecule has 0 fully saturated rings. The van der Waals surface area contributed by atoms with Gasteiger partial charge in [0, 0.05) is 5.75 Å². The first-order valence-corrected chi connectivity index (χ1v) is 5.39. The lowest BCUT2D eigenvalue weighted by Crippen LogP contribution is -2.16. The summed E-state index contributed by atoms with van der Waals surface area (Å²) < 4.78 is 41.5. The number of benzene rings is 1. The average molecular weight is 264 g/mol. The maximum atomic E-state index is 12.3. The van der Waals surface area contributed by atoms with E-state index >= 15 is 0 Å². The molecule has 0 aliphatic heterocycles. The van der Waals surface area contributed by atoms with Gasteiger partial charge in [-0.15, -0.1) is 0 Å². The minimum atomic E-state index is -4.37. The fourth-order valence-corrected chi connectivity index (χ4v) is 1.72. The van der Waals surface area contributed by atoms with Crippen LogP contribution in [-0.2, 0) is 15.7 Å². The molecule has 17 heavy (non-hydrogen) atoms. The van der Waals surface area contributed by atoms with Gasteiger partial charge >= 0.3 is 12.1 Å². The zero-order chi connectivity index (χ0) is 13.1. The van der Waals surface area contributed by atoms with Gasteiger partial charge < -0.3 is 4.74 Å². The Labute approximate surface area is 102 Å². The molecule has 0 heterocycles. The maximum absolute atomic E-state index is 12.3. The Morgan fingerprint density at radius 1 is 1.35 bits per heavy atom. The normalized spacial score (nSPS) is 13.2. The minimum absolute atomic E-state index is 0.179. The van der Waals surface area contributed by atoms with Crippen molar-refractivity contribution in [2.45, 2.75) is 12.1 Å². The van der Waals surface area contributed by atoms with E-state index < -0.39 is 23.6 Å². The molecule has 0 amide bonds. The van der Waals surface area contributed by atoms with Gasteiger partial charge in [-0.2, -0.15) is 25.8 Å². The number of hydrogen-bond donors (Lipinski definition) is 1. The van der Waals surface area contributed by atoms with E-state index in [-0.39, 0.29) is 5.75 Å². The standard InChI is InChI=1S/C11H11F3O2S/c1-16-10(15)9(6-17)7-2-4-8(5-3-7)11(12,13)14/h2-5,9,17H,6H2,1H3. The number of ether oxygens (including phenoxy) is 1. The smallest absolute Gasteiger partial charge is 0.416 e. The lowest BCUT2D eigenvalue weighted by Gasteiger charge is -2.13. The first-order valence-electron chi connectivity index (χ1n) is 4.76. The van der Waals surface area contributed by atoms with Gasteiger partial charge in [0.05, 0.1) is 18.6 Å². The van der Waals surface area contributed by atoms with Crippen molar-refractivity contribution in [3.05, 3.63) is 35.4 Å². The van der Waals surface area contributed by atoms with Gasteiger partial charge in [-0.1, -0.05) is 12.1 Å². The van der Waals surface area contributed by atoms with E-state index in [2.05, 4.69) is 17.4 Å². The molecule has 0 bridgehead atoms. The largest absolute Gasteiger partial charge is 0.469 e. The number of methoxy groups -OCH3 is 1. The Balaban J connectivity index is 2.97. The Bertz CT molecular complexity index is 387. The zero-order valence-corrected chi connectivity index (χ0v) is 9.89. The molecule has 1 unspecified atom stereocenters. The highest BCUT2D eigenvalue weighted by molar-refractivity contribution is 7.80. The summed E-state index contributed by atoms with van der Waals surface area (Å²) in [5.74, 6) is -0.983. The lowest BCUT2D eigenvalue weighted by molar-refractivity contribution is -0.141. The van der Waals surface area contributed by atoms with Crippen LogP contribution in [0, 0.1) is 0 Å². The van der Waals surface area contributed by atoms with Gasteiger partial charge in [-0.3, -0.25) is 4.79 Å². The molecule has 0 saturated heterocycles. The Morgan fingerprint density at radius 3 is 2.24 bits per heavy atom. The van der Waals surface area contributed by atoms with Gasteiger partial charge in [0.2, 0.25) is 0 Å². The van der Waals surface area contributed by atoms with Crippen LogP contribution >= 0.6 is 12.6 Å². The van der Waals surface area contributed by atoms with Gasteiger partial charge in [0.15, 0.2) is 0 Å². The number of rotatable bonds is 3. The highest BCUT2D eigenvalue weighted by Crippen LogP contribution is 2.30. The van der Waals surface area contributed by atoms with Crippen LogP contribution in [0.4, 0.5) is 13.2 Å². The molecule has 1 aromatic rings. The molecule has 0 radical (unpaired) electrons. The molecular weight excluding hydrogens is 253 g/mol. The zero-order valence-electron chi connectivity index (χ0n) is 8.99. The summed E-state index contributed by atoms with van der Waals surface area (Å²) in [5.41, 5.74) is -0.288. The number of alkyl halides is 3. The Morgan fingerprint density at radius 2 is 1.88 bits per heavy atom. The first kappa shape index (κ1) is 13.9. The highest BCUT2D eigenvalue weighted by Gasteiger charge is 2.30. The van der Waals surface area contributed by atoms with E-state index in [0.29, 0.717) is 5.56 Å². The summed E-state index contributed by atoms with van der Waals surface area (Å²) >= 11 is 3.98. The van der Waals surface area contributed by atoms with Crippen LogP contribution in [0.15, 0.2) is 24.3 Å². The van der Waals surface area contributed by atoms with Crippen molar-refractivity contribution in [1.82, 2.24) is 0 Å². The number of esters is 1. The third-order valence-electron chi connectivity index (χ3n) is 2.31. The van der Waals surface area contributed by atoms with E-state index in [1.807, 2.05) is 0 Å². The number of carbonyl (C=O) groups is 1. The Kier molecular flexibility index (Phi) is 4.45. The Hall–Kier alpha value is -1.17. The topological polar surface area (TPSA) is 26.3 Å².